The highest BCUT2D eigenvalue weighted by Crippen LogP contribution is 2.35. The molecule has 1 aromatic heterocycles. The van der Waals surface area contributed by atoms with Crippen LogP contribution in [0, 0.1) is 0 Å². The number of anilines is 1. The number of nitrogens with zero attached hydrogens (tertiary/aromatic N) is 1. The monoisotopic (exact) mass is 544 g/mol. The van der Waals surface area contributed by atoms with Crippen molar-refractivity contribution >= 4 is 38.2 Å². The number of carboxylic acids is 1. The number of hydrogen-bond acceptors (Lipinski definition) is 9. The number of ether oxygens (including phenoxy) is 3. The highest BCUT2D eigenvalue weighted by atomic mass is 32.2. The van der Waals surface area contributed by atoms with Crippen molar-refractivity contribution in [1.29, 1.82) is 0 Å². The van der Waals surface area contributed by atoms with Crippen LogP contribution < -0.4 is 10.1 Å². The van der Waals surface area contributed by atoms with Gasteiger partial charge in [0.2, 0.25) is 5.06 Å². The van der Waals surface area contributed by atoms with Crippen LogP contribution in [0.2, 0.25) is 0 Å². The van der Waals surface area contributed by atoms with Crippen LogP contribution in [0.1, 0.15) is 41.3 Å². The Labute approximate surface area is 217 Å². The van der Waals surface area contributed by atoms with E-state index in [-0.39, 0.29) is 26.9 Å². The molecule has 1 saturated heterocycles. The Morgan fingerprint density at radius 1 is 1.14 bits per heavy atom. The fourth-order valence-corrected chi connectivity index (χ4v) is 6.20. The standard InChI is InChI=1S/C25H24N2O8S2/c28-23(27-25-26-13-21(36-25)34-17-3-1-2-16(12-17)24(29)30)22(35-18-10-11-33-14-18)15-4-6-19(7-5-15)37(31,32)20-8-9-20/h1-7,12-13,18,20,22H,8-11,14H2,(H,29,30)(H,26,27,28)/t18-,22?/m0/s1. The zero-order chi connectivity index (χ0) is 26.0. The van der Waals surface area contributed by atoms with Gasteiger partial charge in [-0.2, -0.15) is 0 Å². The molecular weight excluding hydrogens is 520 g/mol. The van der Waals surface area contributed by atoms with Crippen LogP contribution in [0.25, 0.3) is 0 Å². The number of benzene rings is 2. The van der Waals surface area contributed by atoms with E-state index in [2.05, 4.69) is 10.3 Å². The summed E-state index contributed by atoms with van der Waals surface area (Å²) in [6.45, 7) is 0.899. The molecule has 1 aliphatic heterocycles. The van der Waals surface area contributed by atoms with Gasteiger partial charge in [-0.3, -0.25) is 10.1 Å². The fraction of sp³-hybridized carbons (Fsp3) is 0.320. The van der Waals surface area contributed by atoms with Gasteiger partial charge >= 0.3 is 5.97 Å². The summed E-state index contributed by atoms with van der Waals surface area (Å²) in [6.07, 6.45) is 2.12. The van der Waals surface area contributed by atoms with Crippen LogP contribution in [0.4, 0.5) is 5.13 Å². The largest absolute Gasteiger partial charge is 0.478 e. The Kier molecular flexibility index (Phi) is 7.24. The second kappa shape index (κ2) is 10.6. The highest BCUT2D eigenvalue weighted by molar-refractivity contribution is 7.92. The van der Waals surface area contributed by atoms with Gasteiger partial charge in [-0.25, -0.2) is 18.2 Å². The first-order chi connectivity index (χ1) is 17.8. The molecule has 3 aromatic rings. The van der Waals surface area contributed by atoms with Crippen molar-refractivity contribution in [3.05, 3.63) is 65.9 Å². The van der Waals surface area contributed by atoms with E-state index < -0.39 is 27.8 Å². The van der Waals surface area contributed by atoms with Crippen molar-refractivity contribution in [1.82, 2.24) is 4.98 Å². The molecule has 37 heavy (non-hydrogen) atoms. The minimum Gasteiger partial charge on any atom is -0.478 e. The molecule has 10 nitrogen and oxygen atoms in total. The van der Waals surface area contributed by atoms with Gasteiger partial charge in [0.15, 0.2) is 21.1 Å². The number of carbonyl (C=O) groups excluding carboxylic acids is 1. The summed E-state index contributed by atoms with van der Waals surface area (Å²) >= 11 is 1.07. The number of sulfone groups is 1. The molecule has 2 atom stereocenters. The Morgan fingerprint density at radius 2 is 1.92 bits per heavy atom. The van der Waals surface area contributed by atoms with Crippen LogP contribution in [0.15, 0.2) is 59.6 Å². The maximum atomic E-state index is 13.3. The summed E-state index contributed by atoms with van der Waals surface area (Å²) in [5.41, 5.74) is 0.597. The lowest BCUT2D eigenvalue weighted by molar-refractivity contribution is -0.131. The minimum atomic E-state index is -3.35. The first kappa shape index (κ1) is 25.3. The number of aromatic nitrogens is 1. The first-order valence-electron chi connectivity index (χ1n) is 11.6. The van der Waals surface area contributed by atoms with Gasteiger partial charge in [0.05, 0.1) is 34.6 Å². The van der Waals surface area contributed by atoms with E-state index in [4.69, 9.17) is 19.3 Å². The Morgan fingerprint density at radius 3 is 2.59 bits per heavy atom. The molecule has 5 rings (SSSR count). The van der Waals surface area contributed by atoms with Crippen LogP contribution in [0.3, 0.4) is 0 Å². The summed E-state index contributed by atoms with van der Waals surface area (Å²) in [5.74, 6) is -1.22. The molecule has 2 N–H and O–H groups in total. The number of nitrogens with one attached hydrogen (secondary N) is 1. The molecular formula is C25H24N2O8S2. The maximum Gasteiger partial charge on any atom is 0.335 e. The van der Waals surface area contributed by atoms with Crippen molar-refractivity contribution in [3.8, 4) is 10.8 Å². The maximum absolute atomic E-state index is 13.3. The van der Waals surface area contributed by atoms with E-state index in [1.165, 1.54) is 30.5 Å². The zero-order valence-corrected chi connectivity index (χ0v) is 21.2. The van der Waals surface area contributed by atoms with E-state index in [1.54, 1.807) is 24.3 Å². The second-order valence-electron chi connectivity index (χ2n) is 8.72. The molecule has 2 heterocycles. The lowest BCUT2D eigenvalue weighted by atomic mass is 10.1. The topological polar surface area (TPSA) is 141 Å². The number of amides is 1. The van der Waals surface area contributed by atoms with Crippen LogP contribution >= 0.6 is 11.3 Å². The molecule has 0 spiro atoms. The lowest BCUT2D eigenvalue weighted by Gasteiger charge is -2.21. The summed E-state index contributed by atoms with van der Waals surface area (Å²) in [5, 5.41) is 12.2. The van der Waals surface area contributed by atoms with Gasteiger partial charge in [-0.1, -0.05) is 29.5 Å². The molecule has 2 aromatic carbocycles. The quantitative estimate of drug-likeness (QED) is 0.386. The number of hydrogen-bond donors (Lipinski definition) is 2. The van der Waals surface area contributed by atoms with Crippen molar-refractivity contribution in [2.24, 2.45) is 0 Å². The van der Waals surface area contributed by atoms with Gasteiger partial charge < -0.3 is 19.3 Å². The normalized spacial score (nSPS) is 18.3. The fourth-order valence-electron chi connectivity index (χ4n) is 3.85. The van der Waals surface area contributed by atoms with E-state index in [0.717, 1.165) is 11.3 Å². The average Bonchev–Trinajstić information content (AvgIpc) is 3.47. The zero-order valence-electron chi connectivity index (χ0n) is 19.5. The van der Waals surface area contributed by atoms with Gasteiger partial charge in [0.25, 0.3) is 5.91 Å². The van der Waals surface area contributed by atoms with E-state index >= 15 is 0 Å². The Hall–Kier alpha value is -3.32. The minimum absolute atomic E-state index is 0.0855. The Bertz CT molecular complexity index is 1390. The molecule has 1 aliphatic carbocycles. The third kappa shape index (κ3) is 5.99. The molecule has 0 bridgehead atoms. The number of thiazole rings is 1. The molecule has 1 unspecified atom stereocenters. The summed E-state index contributed by atoms with van der Waals surface area (Å²) in [6, 6.07) is 12.3. The van der Waals surface area contributed by atoms with Crippen LogP contribution in [-0.2, 0) is 24.1 Å². The molecule has 2 fully saturated rings. The predicted molar refractivity (Wildman–Crippen MR) is 134 cm³/mol. The second-order valence-corrected chi connectivity index (χ2v) is 11.9. The van der Waals surface area contributed by atoms with Gasteiger partial charge in [0.1, 0.15) is 5.75 Å². The SMILES string of the molecule is O=C(O)c1cccc(Oc2cnc(NC(=O)C(O[C@H]3CCOC3)c3ccc(S(=O)(=O)C4CC4)cc3)s2)c1. The van der Waals surface area contributed by atoms with Gasteiger partial charge in [0, 0.05) is 6.61 Å². The van der Waals surface area contributed by atoms with E-state index in [1.807, 2.05) is 0 Å². The number of carboxylic acid groups (broad SMARTS) is 1. The predicted octanol–water partition coefficient (Wildman–Crippen LogP) is 4.06. The number of rotatable bonds is 10. The number of aromatic carboxylic acids is 1. The third-order valence-electron chi connectivity index (χ3n) is 5.94. The third-order valence-corrected chi connectivity index (χ3v) is 9.01. The molecule has 12 heteroatoms. The summed E-state index contributed by atoms with van der Waals surface area (Å²) < 4.78 is 42.2. The van der Waals surface area contributed by atoms with Gasteiger partial charge in [-0.05, 0) is 55.2 Å². The van der Waals surface area contributed by atoms with Crippen molar-refractivity contribution in [2.45, 2.75) is 41.6 Å². The molecule has 1 amide bonds. The number of carbonyl (C=O) groups is 2. The van der Waals surface area contributed by atoms with E-state index in [9.17, 15) is 18.0 Å². The Balaban J connectivity index is 1.31. The first-order valence-corrected chi connectivity index (χ1v) is 14.0. The highest BCUT2D eigenvalue weighted by Gasteiger charge is 2.37. The summed E-state index contributed by atoms with van der Waals surface area (Å²) in [7, 11) is -3.35. The van der Waals surface area contributed by atoms with E-state index in [0.29, 0.717) is 48.9 Å². The smallest absolute Gasteiger partial charge is 0.335 e. The van der Waals surface area contributed by atoms with Crippen molar-refractivity contribution < 1.29 is 37.3 Å². The van der Waals surface area contributed by atoms with Crippen LogP contribution in [0.5, 0.6) is 10.8 Å². The molecule has 0 radical (unpaired) electrons. The van der Waals surface area contributed by atoms with Gasteiger partial charge in [-0.15, -0.1) is 0 Å². The summed E-state index contributed by atoms with van der Waals surface area (Å²) in [4.78, 5) is 28.8. The molecule has 2 aliphatic rings. The lowest BCUT2D eigenvalue weighted by Crippen LogP contribution is -2.28. The molecule has 1 saturated carbocycles. The van der Waals surface area contributed by atoms with Crippen molar-refractivity contribution in [2.75, 3.05) is 18.5 Å². The average molecular weight is 545 g/mol. The molecule has 194 valence electrons. The van der Waals surface area contributed by atoms with Crippen molar-refractivity contribution in [3.63, 3.8) is 0 Å². The van der Waals surface area contributed by atoms with Crippen LogP contribution in [-0.4, -0.2) is 55.0 Å².